The summed E-state index contributed by atoms with van der Waals surface area (Å²) in [6, 6.07) is 6.04. The predicted molar refractivity (Wildman–Crippen MR) is 77.8 cm³/mol. The second kappa shape index (κ2) is 6.09. The molecule has 2 N–H and O–H groups in total. The molecular formula is C16H23NO2. The molecule has 0 amide bonds. The minimum Gasteiger partial charge on any atom is -0.478 e. The van der Waals surface area contributed by atoms with Crippen LogP contribution in [-0.2, 0) is 0 Å². The zero-order chi connectivity index (χ0) is 13.8. The molecule has 2 rings (SSSR count). The van der Waals surface area contributed by atoms with Crippen LogP contribution in [0, 0.1) is 12.8 Å². The third kappa shape index (κ3) is 3.49. The van der Waals surface area contributed by atoms with E-state index in [4.69, 9.17) is 5.11 Å². The van der Waals surface area contributed by atoms with Crippen LogP contribution in [0.5, 0.6) is 0 Å². The third-order valence-electron chi connectivity index (χ3n) is 4.17. The van der Waals surface area contributed by atoms with E-state index in [1.807, 2.05) is 19.1 Å². The van der Waals surface area contributed by atoms with Crippen molar-refractivity contribution in [3.8, 4) is 0 Å². The highest BCUT2D eigenvalue weighted by molar-refractivity contribution is 5.89. The molecule has 1 aliphatic rings. The summed E-state index contributed by atoms with van der Waals surface area (Å²) in [5.74, 6) is -0.172. The number of aromatic carboxylic acids is 1. The second-order valence-electron chi connectivity index (χ2n) is 5.70. The zero-order valence-electron chi connectivity index (χ0n) is 11.8. The first-order valence-electron chi connectivity index (χ1n) is 7.18. The molecule has 1 aromatic carbocycles. The van der Waals surface area contributed by atoms with Crippen LogP contribution in [0.3, 0.4) is 0 Å². The number of nitrogens with one attached hydrogen (secondary N) is 1. The number of aryl methyl sites for hydroxylation is 1. The van der Waals surface area contributed by atoms with Crippen molar-refractivity contribution in [2.45, 2.75) is 52.0 Å². The lowest BCUT2D eigenvalue weighted by Crippen LogP contribution is -2.26. The lowest BCUT2D eigenvalue weighted by molar-refractivity contribution is 0.0696. The molecule has 0 aliphatic heterocycles. The van der Waals surface area contributed by atoms with E-state index in [-0.39, 0.29) is 0 Å². The first kappa shape index (κ1) is 13.9. The van der Waals surface area contributed by atoms with E-state index in [2.05, 4.69) is 12.2 Å². The largest absolute Gasteiger partial charge is 0.478 e. The molecule has 0 aromatic heterocycles. The maximum Gasteiger partial charge on any atom is 0.335 e. The summed E-state index contributed by atoms with van der Waals surface area (Å²) in [4.78, 5) is 11.0. The van der Waals surface area contributed by atoms with Crippen LogP contribution < -0.4 is 5.32 Å². The van der Waals surface area contributed by atoms with Gasteiger partial charge >= 0.3 is 5.97 Å². The van der Waals surface area contributed by atoms with Gasteiger partial charge in [0.1, 0.15) is 0 Å². The van der Waals surface area contributed by atoms with Crippen LogP contribution in [-0.4, -0.2) is 17.1 Å². The van der Waals surface area contributed by atoms with E-state index in [9.17, 15) is 4.79 Å². The van der Waals surface area contributed by atoms with Crippen LogP contribution >= 0.6 is 0 Å². The topological polar surface area (TPSA) is 49.3 Å². The highest BCUT2D eigenvalue weighted by Crippen LogP contribution is 2.26. The number of anilines is 1. The average molecular weight is 261 g/mol. The smallest absolute Gasteiger partial charge is 0.335 e. The van der Waals surface area contributed by atoms with Crippen molar-refractivity contribution in [2.75, 3.05) is 5.32 Å². The fourth-order valence-electron chi connectivity index (χ4n) is 2.91. The first-order chi connectivity index (χ1) is 9.08. The van der Waals surface area contributed by atoms with Gasteiger partial charge in [-0.25, -0.2) is 4.79 Å². The van der Waals surface area contributed by atoms with E-state index < -0.39 is 5.97 Å². The Hall–Kier alpha value is -1.51. The van der Waals surface area contributed by atoms with Crippen molar-refractivity contribution in [3.63, 3.8) is 0 Å². The molecule has 1 fully saturated rings. The highest BCUT2D eigenvalue weighted by Gasteiger charge is 2.19. The SMILES string of the molecule is Cc1cc(NC2CCCCCC2C)ccc1C(=O)O. The Bertz CT molecular complexity index is 456. The molecule has 1 saturated carbocycles. The van der Waals surface area contributed by atoms with Crippen molar-refractivity contribution in [1.82, 2.24) is 0 Å². The van der Waals surface area contributed by atoms with Gasteiger partial charge in [0.25, 0.3) is 0 Å². The van der Waals surface area contributed by atoms with Crippen molar-refractivity contribution in [1.29, 1.82) is 0 Å². The van der Waals surface area contributed by atoms with Gasteiger partial charge in [-0.2, -0.15) is 0 Å². The van der Waals surface area contributed by atoms with Crippen LogP contribution in [0.2, 0.25) is 0 Å². The Balaban J connectivity index is 2.10. The molecule has 3 nitrogen and oxygen atoms in total. The number of benzene rings is 1. The highest BCUT2D eigenvalue weighted by atomic mass is 16.4. The second-order valence-corrected chi connectivity index (χ2v) is 5.70. The normalized spacial score (nSPS) is 23.7. The third-order valence-corrected chi connectivity index (χ3v) is 4.17. The molecule has 1 aliphatic carbocycles. The molecule has 2 unspecified atom stereocenters. The Kier molecular flexibility index (Phi) is 4.46. The van der Waals surface area contributed by atoms with Crippen molar-refractivity contribution in [3.05, 3.63) is 29.3 Å². The van der Waals surface area contributed by atoms with Gasteiger partial charge < -0.3 is 10.4 Å². The van der Waals surface area contributed by atoms with Gasteiger partial charge in [-0.3, -0.25) is 0 Å². The number of hydrogen-bond acceptors (Lipinski definition) is 2. The zero-order valence-corrected chi connectivity index (χ0v) is 11.8. The fourth-order valence-corrected chi connectivity index (χ4v) is 2.91. The Morgan fingerprint density at radius 2 is 2.00 bits per heavy atom. The number of carboxylic acids is 1. The summed E-state index contributed by atoms with van der Waals surface area (Å²) < 4.78 is 0. The molecule has 19 heavy (non-hydrogen) atoms. The summed E-state index contributed by atoms with van der Waals surface area (Å²) in [6.45, 7) is 4.16. The molecular weight excluding hydrogens is 238 g/mol. The maximum absolute atomic E-state index is 11.0. The van der Waals surface area contributed by atoms with Crippen LogP contribution in [0.1, 0.15) is 54.9 Å². The molecule has 0 saturated heterocycles. The summed E-state index contributed by atoms with van der Waals surface area (Å²) in [7, 11) is 0. The van der Waals surface area contributed by atoms with Crippen molar-refractivity contribution < 1.29 is 9.90 Å². The number of hydrogen-bond donors (Lipinski definition) is 2. The Morgan fingerprint density at radius 3 is 2.68 bits per heavy atom. The van der Waals surface area contributed by atoms with E-state index in [0.29, 0.717) is 17.5 Å². The van der Waals surface area contributed by atoms with Gasteiger partial charge in [0.2, 0.25) is 0 Å². The maximum atomic E-state index is 11.0. The minimum atomic E-state index is -0.855. The van der Waals surface area contributed by atoms with Crippen molar-refractivity contribution >= 4 is 11.7 Å². The summed E-state index contributed by atoms with van der Waals surface area (Å²) in [5, 5.41) is 12.6. The average Bonchev–Trinajstić information content (AvgIpc) is 2.55. The van der Waals surface area contributed by atoms with Gasteiger partial charge in [0, 0.05) is 11.7 Å². The molecule has 3 heteroatoms. The monoisotopic (exact) mass is 261 g/mol. The van der Waals surface area contributed by atoms with Crippen LogP contribution in [0.15, 0.2) is 18.2 Å². The molecule has 0 bridgehead atoms. The fraction of sp³-hybridized carbons (Fsp3) is 0.562. The minimum absolute atomic E-state index is 0.388. The van der Waals surface area contributed by atoms with Crippen LogP contribution in [0.25, 0.3) is 0 Å². The van der Waals surface area contributed by atoms with E-state index in [1.54, 1.807) is 6.07 Å². The quantitative estimate of drug-likeness (QED) is 0.806. The predicted octanol–water partition coefficient (Wildman–Crippen LogP) is 4.07. The van der Waals surface area contributed by atoms with Gasteiger partial charge in [-0.15, -0.1) is 0 Å². The summed E-state index contributed by atoms with van der Waals surface area (Å²) in [5.41, 5.74) is 2.25. The lowest BCUT2D eigenvalue weighted by atomic mass is 9.96. The van der Waals surface area contributed by atoms with E-state index >= 15 is 0 Å². The van der Waals surface area contributed by atoms with Gasteiger partial charge in [0.15, 0.2) is 0 Å². The Labute approximate surface area is 115 Å². The summed E-state index contributed by atoms with van der Waals surface area (Å²) >= 11 is 0. The number of carboxylic acid groups (broad SMARTS) is 1. The number of rotatable bonds is 3. The van der Waals surface area contributed by atoms with Crippen LogP contribution in [0.4, 0.5) is 5.69 Å². The Morgan fingerprint density at radius 1 is 1.26 bits per heavy atom. The van der Waals surface area contributed by atoms with Gasteiger partial charge in [0.05, 0.1) is 5.56 Å². The molecule has 0 spiro atoms. The first-order valence-corrected chi connectivity index (χ1v) is 7.18. The standard InChI is InChI=1S/C16H23NO2/c1-11-6-4-3-5-7-15(11)17-13-8-9-14(16(18)19)12(2)10-13/h8-11,15,17H,3-7H2,1-2H3,(H,18,19). The number of carbonyl (C=O) groups is 1. The molecule has 0 heterocycles. The lowest BCUT2D eigenvalue weighted by Gasteiger charge is -2.24. The molecule has 104 valence electrons. The van der Waals surface area contributed by atoms with Gasteiger partial charge in [-0.05, 0) is 49.4 Å². The molecule has 1 aromatic rings. The molecule has 0 radical (unpaired) electrons. The summed E-state index contributed by atoms with van der Waals surface area (Å²) in [6.07, 6.45) is 6.44. The van der Waals surface area contributed by atoms with Crippen molar-refractivity contribution in [2.24, 2.45) is 5.92 Å². The van der Waals surface area contributed by atoms with E-state index in [0.717, 1.165) is 11.3 Å². The van der Waals surface area contributed by atoms with Gasteiger partial charge in [-0.1, -0.05) is 26.2 Å². The van der Waals surface area contributed by atoms with E-state index in [1.165, 1.54) is 32.1 Å². The molecule has 2 atom stereocenters.